The minimum absolute atomic E-state index is 0.198. The van der Waals surface area contributed by atoms with Crippen LogP contribution >= 0.6 is 0 Å². The molecule has 1 aliphatic heterocycles. The van der Waals surface area contributed by atoms with Crippen LogP contribution in [-0.4, -0.2) is 52.8 Å². The standard InChI is InChI=1S/C32H35F3N6O2/c1-21-39-40-31(42-21)22-11-13-26(14-12-22)41-17-5-7-25(20-41)37-28-9-2-3-10-29(28)38-30-19-24(15-16-36-30)23-6-4-8-27(18-23)43-32(33,34)35/h4,6,8,11-16,18-19,25,28-29,37H,2-3,5,7,9-10,17,20H2,1H3,(H,36,38)/t25?,28-,29-/m1/s1. The van der Waals surface area contributed by atoms with Crippen LogP contribution in [0.2, 0.25) is 0 Å². The molecule has 2 N–H and O–H groups in total. The van der Waals surface area contributed by atoms with Gasteiger partial charge < -0.3 is 24.7 Å². The highest BCUT2D eigenvalue weighted by molar-refractivity contribution is 5.67. The molecule has 0 amide bonds. The Hall–Kier alpha value is -4.12. The molecule has 2 aromatic heterocycles. The predicted molar refractivity (Wildman–Crippen MR) is 159 cm³/mol. The molecule has 11 heteroatoms. The van der Waals surface area contributed by atoms with Gasteiger partial charge in [0.05, 0.1) is 0 Å². The van der Waals surface area contributed by atoms with E-state index in [4.69, 9.17) is 4.42 Å². The minimum atomic E-state index is -4.73. The number of nitrogens with zero attached hydrogens (tertiary/aromatic N) is 4. The molecule has 3 heterocycles. The van der Waals surface area contributed by atoms with Crippen molar-refractivity contribution in [3.05, 3.63) is 72.8 Å². The first-order valence-electron chi connectivity index (χ1n) is 14.8. The number of anilines is 2. The average molecular weight is 593 g/mol. The van der Waals surface area contributed by atoms with E-state index in [1.165, 1.54) is 24.2 Å². The number of benzene rings is 2. The zero-order valence-electron chi connectivity index (χ0n) is 24.0. The lowest BCUT2D eigenvalue weighted by Gasteiger charge is -2.40. The summed E-state index contributed by atoms with van der Waals surface area (Å²) in [6, 6.07) is 18.8. The normalized spacial score (nSPS) is 21.0. The maximum Gasteiger partial charge on any atom is 0.573 e. The molecule has 0 radical (unpaired) electrons. The van der Waals surface area contributed by atoms with Gasteiger partial charge in [-0.15, -0.1) is 23.4 Å². The summed E-state index contributed by atoms with van der Waals surface area (Å²) in [6.07, 6.45) is 3.56. The van der Waals surface area contributed by atoms with Crippen molar-refractivity contribution in [2.24, 2.45) is 0 Å². The first kappa shape index (κ1) is 29.0. The van der Waals surface area contributed by atoms with Gasteiger partial charge in [-0.2, -0.15) is 0 Å². The van der Waals surface area contributed by atoms with Crippen molar-refractivity contribution in [2.75, 3.05) is 23.3 Å². The summed E-state index contributed by atoms with van der Waals surface area (Å²) >= 11 is 0. The fourth-order valence-electron chi connectivity index (χ4n) is 6.13. The fourth-order valence-corrected chi connectivity index (χ4v) is 6.13. The van der Waals surface area contributed by atoms with Crippen LogP contribution in [0, 0.1) is 6.92 Å². The molecule has 4 aromatic rings. The monoisotopic (exact) mass is 592 g/mol. The smallest absolute Gasteiger partial charge is 0.421 e. The van der Waals surface area contributed by atoms with Gasteiger partial charge in [0.15, 0.2) is 0 Å². The van der Waals surface area contributed by atoms with E-state index in [-0.39, 0.29) is 17.8 Å². The molecule has 226 valence electrons. The first-order chi connectivity index (χ1) is 20.8. The van der Waals surface area contributed by atoms with Gasteiger partial charge >= 0.3 is 6.36 Å². The number of aromatic nitrogens is 3. The second-order valence-corrected chi connectivity index (χ2v) is 11.3. The van der Waals surface area contributed by atoms with E-state index in [0.29, 0.717) is 29.2 Å². The lowest BCUT2D eigenvalue weighted by Crippen LogP contribution is -2.54. The Bertz CT molecular complexity index is 1510. The summed E-state index contributed by atoms with van der Waals surface area (Å²) in [6.45, 7) is 3.72. The zero-order valence-corrected chi connectivity index (χ0v) is 24.0. The van der Waals surface area contributed by atoms with E-state index in [2.05, 4.69) is 47.6 Å². The van der Waals surface area contributed by atoms with E-state index in [9.17, 15) is 13.2 Å². The molecule has 0 spiro atoms. The third-order valence-corrected chi connectivity index (χ3v) is 8.14. The van der Waals surface area contributed by atoms with Crippen LogP contribution in [0.4, 0.5) is 24.7 Å². The molecule has 2 aromatic carbocycles. The topological polar surface area (TPSA) is 88.3 Å². The fraction of sp³-hybridized carbons (Fsp3) is 0.406. The van der Waals surface area contributed by atoms with E-state index in [0.717, 1.165) is 56.3 Å². The molecule has 3 atom stereocenters. The third-order valence-electron chi connectivity index (χ3n) is 8.14. The quantitative estimate of drug-likeness (QED) is 0.226. The van der Waals surface area contributed by atoms with Crippen molar-refractivity contribution in [3.8, 4) is 28.3 Å². The van der Waals surface area contributed by atoms with Crippen LogP contribution < -0.4 is 20.3 Å². The number of aryl methyl sites for hydroxylation is 1. The highest BCUT2D eigenvalue weighted by Crippen LogP contribution is 2.30. The maximum absolute atomic E-state index is 12.7. The predicted octanol–water partition coefficient (Wildman–Crippen LogP) is 6.99. The lowest BCUT2D eigenvalue weighted by molar-refractivity contribution is -0.274. The van der Waals surface area contributed by atoms with Crippen LogP contribution in [0.3, 0.4) is 0 Å². The average Bonchev–Trinajstić information content (AvgIpc) is 3.44. The number of rotatable bonds is 8. The van der Waals surface area contributed by atoms with E-state index < -0.39 is 6.36 Å². The molecule has 2 aliphatic rings. The van der Waals surface area contributed by atoms with Crippen LogP contribution in [0.25, 0.3) is 22.6 Å². The second kappa shape index (κ2) is 12.6. The van der Waals surface area contributed by atoms with E-state index >= 15 is 0 Å². The van der Waals surface area contributed by atoms with Gasteiger partial charge in [0.2, 0.25) is 11.8 Å². The second-order valence-electron chi connectivity index (χ2n) is 11.3. The summed E-state index contributed by atoms with van der Waals surface area (Å²) in [4.78, 5) is 6.96. The van der Waals surface area contributed by atoms with Gasteiger partial charge in [0, 0.05) is 55.6 Å². The third kappa shape index (κ3) is 7.45. The van der Waals surface area contributed by atoms with Gasteiger partial charge in [-0.25, -0.2) is 4.98 Å². The number of piperidine rings is 1. The van der Waals surface area contributed by atoms with Crippen LogP contribution in [0.15, 0.2) is 71.3 Å². The molecular formula is C32H35F3N6O2. The molecule has 43 heavy (non-hydrogen) atoms. The van der Waals surface area contributed by atoms with Crippen molar-refractivity contribution in [2.45, 2.75) is 69.9 Å². The SMILES string of the molecule is Cc1nnc(-c2ccc(N3CCCC(N[C@@H]4CCCC[C@H]4Nc4cc(-c5cccc(OC(F)(F)F)c5)ccn4)C3)cc2)o1. The Morgan fingerprint density at radius 1 is 0.884 bits per heavy atom. The van der Waals surface area contributed by atoms with Gasteiger partial charge in [0.25, 0.3) is 0 Å². The van der Waals surface area contributed by atoms with Crippen molar-refractivity contribution < 1.29 is 22.3 Å². The Morgan fingerprint density at radius 3 is 2.44 bits per heavy atom. The number of hydrogen-bond acceptors (Lipinski definition) is 8. The highest BCUT2D eigenvalue weighted by Gasteiger charge is 2.31. The number of ether oxygens (including phenoxy) is 1. The molecule has 0 bridgehead atoms. The van der Waals surface area contributed by atoms with Gasteiger partial charge in [-0.05, 0) is 85.3 Å². The van der Waals surface area contributed by atoms with Crippen molar-refractivity contribution in [1.82, 2.24) is 20.5 Å². The van der Waals surface area contributed by atoms with E-state index in [1.807, 2.05) is 18.2 Å². The molecule has 1 saturated carbocycles. The summed E-state index contributed by atoms with van der Waals surface area (Å²) in [5.74, 6) is 1.54. The Kier molecular flexibility index (Phi) is 8.51. The molecule has 1 unspecified atom stereocenters. The summed E-state index contributed by atoms with van der Waals surface area (Å²) < 4.78 is 47.9. The largest absolute Gasteiger partial charge is 0.573 e. The first-order valence-corrected chi connectivity index (χ1v) is 14.8. The number of pyridine rings is 1. The summed E-state index contributed by atoms with van der Waals surface area (Å²) in [7, 11) is 0. The van der Waals surface area contributed by atoms with Crippen LogP contribution in [-0.2, 0) is 0 Å². The number of alkyl halides is 3. The number of nitrogens with one attached hydrogen (secondary N) is 2. The summed E-state index contributed by atoms with van der Waals surface area (Å²) in [5, 5.41) is 15.6. The molecule has 1 aliphatic carbocycles. The van der Waals surface area contributed by atoms with Gasteiger partial charge in [0.1, 0.15) is 11.6 Å². The number of hydrogen-bond donors (Lipinski definition) is 2. The maximum atomic E-state index is 12.7. The minimum Gasteiger partial charge on any atom is -0.421 e. The molecule has 6 rings (SSSR count). The highest BCUT2D eigenvalue weighted by atomic mass is 19.4. The molecule has 2 fully saturated rings. The molecule has 8 nitrogen and oxygen atoms in total. The van der Waals surface area contributed by atoms with Crippen LogP contribution in [0.5, 0.6) is 5.75 Å². The van der Waals surface area contributed by atoms with Gasteiger partial charge in [-0.1, -0.05) is 25.0 Å². The zero-order chi connectivity index (χ0) is 29.8. The van der Waals surface area contributed by atoms with E-state index in [1.54, 1.807) is 31.3 Å². The molecular weight excluding hydrogens is 557 g/mol. The summed E-state index contributed by atoms with van der Waals surface area (Å²) in [5.41, 5.74) is 3.49. The molecule has 1 saturated heterocycles. The number of halogens is 3. The van der Waals surface area contributed by atoms with Crippen molar-refractivity contribution in [3.63, 3.8) is 0 Å². The Morgan fingerprint density at radius 2 is 1.67 bits per heavy atom. The Balaban J connectivity index is 1.09. The Labute approximate surface area is 248 Å². The van der Waals surface area contributed by atoms with Crippen molar-refractivity contribution >= 4 is 11.5 Å². The van der Waals surface area contributed by atoms with Gasteiger partial charge in [-0.3, -0.25) is 0 Å². The van der Waals surface area contributed by atoms with Crippen molar-refractivity contribution in [1.29, 1.82) is 0 Å². The van der Waals surface area contributed by atoms with Crippen LogP contribution in [0.1, 0.15) is 44.4 Å². The lowest BCUT2D eigenvalue weighted by atomic mass is 9.89.